The van der Waals surface area contributed by atoms with Crippen molar-refractivity contribution in [3.05, 3.63) is 0 Å². The highest BCUT2D eigenvalue weighted by atomic mass is 16.5. The first kappa shape index (κ1) is 12.8. The van der Waals surface area contributed by atoms with Crippen molar-refractivity contribution < 1.29 is 9.47 Å². The average Bonchev–Trinajstić information content (AvgIpc) is 3.16. The van der Waals surface area contributed by atoms with Crippen molar-refractivity contribution in [2.75, 3.05) is 20.3 Å². The van der Waals surface area contributed by atoms with E-state index in [1.807, 2.05) is 6.92 Å². The molecular weight excluding hydrogens is 216 g/mol. The minimum absolute atomic E-state index is 0.0486. The summed E-state index contributed by atoms with van der Waals surface area (Å²) in [5.41, 5.74) is -0.455. The predicted octanol–water partition coefficient (Wildman–Crippen LogP) is 1.46. The van der Waals surface area contributed by atoms with Crippen LogP contribution in [0.1, 0.15) is 32.6 Å². The molecule has 0 bridgehead atoms. The van der Waals surface area contributed by atoms with E-state index in [9.17, 15) is 5.26 Å². The predicted molar refractivity (Wildman–Crippen MR) is 64.5 cm³/mol. The molecule has 0 heterocycles. The lowest BCUT2D eigenvalue weighted by Crippen LogP contribution is -2.51. The van der Waals surface area contributed by atoms with Crippen molar-refractivity contribution >= 4 is 0 Å². The maximum atomic E-state index is 9.48. The highest BCUT2D eigenvalue weighted by Gasteiger charge is 2.48. The smallest absolute Gasteiger partial charge is 0.133 e. The monoisotopic (exact) mass is 238 g/mol. The molecule has 1 N–H and O–H groups in total. The third-order valence-electron chi connectivity index (χ3n) is 3.51. The van der Waals surface area contributed by atoms with Crippen molar-refractivity contribution in [3.63, 3.8) is 0 Å². The zero-order valence-corrected chi connectivity index (χ0v) is 10.7. The Morgan fingerprint density at radius 2 is 2.12 bits per heavy atom. The summed E-state index contributed by atoms with van der Waals surface area (Å²) in [6.45, 7) is 3.04. The number of hydrogen-bond donors (Lipinski definition) is 1. The van der Waals surface area contributed by atoms with Gasteiger partial charge in [0.25, 0.3) is 0 Å². The van der Waals surface area contributed by atoms with Crippen LogP contribution < -0.4 is 5.32 Å². The standard InChI is InChI=1S/C13H22N2O2/c1-10(7-16-2)17-9-13(8-14,11-3-4-11)15-12-5-6-12/h10-12,15H,3-7,9H2,1-2H3. The molecule has 2 atom stereocenters. The quantitative estimate of drug-likeness (QED) is 0.695. The molecule has 0 radical (unpaired) electrons. The van der Waals surface area contributed by atoms with E-state index >= 15 is 0 Å². The van der Waals surface area contributed by atoms with E-state index in [2.05, 4.69) is 11.4 Å². The van der Waals surface area contributed by atoms with Crippen LogP contribution in [0, 0.1) is 17.2 Å². The van der Waals surface area contributed by atoms with E-state index in [1.165, 1.54) is 12.8 Å². The molecule has 0 aromatic carbocycles. The number of ether oxygens (including phenoxy) is 2. The Labute approximate surface area is 103 Å². The van der Waals surface area contributed by atoms with Gasteiger partial charge in [-0.1, -0.05) is 0 Å². The summed E-state index contributed by atoms with van der Waals surface area (Å²) in [6.07, 6.45) is 4.74. The van der Waals surface area contributed by atoms with Gasteiger partial charge in [-0.05, 0) is 38.5 Å². The normalized spacial score (nSPS) is 25.0. The molecule has 2 aliphatic carbocycles. The van der Waals surface area contributed by atoms with E-state index < -0.39 is 5.54 Å². The number of hydrogen-bond acceptors (Lipinski definition) is 4. The first-order valence-electron chi connectivity index (χ1n) is 6.49. The largest absolute Gasteiger partial charge is 0.382 e. The lowest BCUT2D eigenvalue weighted by atomic mass is 9.96. The molecule has 0 spiro atoms. The van der Waals surface area contributed by atoms with Gasteiger partial charge in [-0.25, -0.2) is 0 Å². The zero-order chi connectivity index (χ0) is 12.3. The maximum absolute atomic E-state index is 9.48. The van der Waals surface area contributed by atoms with Gasteiger partial charge in [0.05, 0.1) is 25.4 Å². The summed E-state index contributed by atoms with van der Waals surface area (Å²) >= 11 is 0. The molecule has 0 saturated heterocycles. The lowest BCUT2D eigenvalue weighted by Gasteiger charge is -2.29. The van der Waals surface area contributed by atoms with Crippen LogP contribution in [0.25, 0.3) is 0 Å². The van der Waals surface area contributed by atoms with Crippen LogP contribution in [0.15, 0.2) is 0 Å². The van der Waals surface area contributed by atoms with Crippen LogP contribution in [-0.4, -0.2) is 38.0 Å². The molecule has 4 heteroatoms. The average molecular weight is 238 g/mol. The van der Waals surface area contributed by atoms with Crippen LogP contribution in [-0.2, 0) is 9.47 Å². The van der Waals surface area contributed by atoms with Gasteiger partial charge in [-0.2, -0.15) is 5.26 Å². The van der Waals surface area contributed by atoms with Gasteiger partial charge >= 0.3 is 0 Å². The van der Waals surface area contributed by atoms with Crippen LogP contribution >= 0.6 is 0 Å². The van der Waals surface area contributed by atoms with E-state index in [4.69, 9.17) is 9.47 Å². The Kier molecular flexibility index (Phi) is 4.03. The van der Waals surface area contributed by atoms with Crippen LogP contribution in [0.5, 0.6) is 0 Å². The van der Waals surface area contributed by atoms with Gasteiger partial charge in [0.1, 0.15) is 5.54 Å². The van der Waals surface area contributed by atoms with Gasteiger partial charge in [-0.15, -0.1) is 0 Å². The van der Waals surface area contributed by atoms with Crippen molar-refractivity contribution in [1.82, 2.24) is 5.32 Å². The summed E-state index contributed by atoms with van der Waals surface area (Å²) < 4.78 is 10.8. The van der Waals surface area contributed by atoms with Crippen LogP contribution in [0.3, 0.4) is 0 Å². The third kappa shape index (κ3) is 3.41. The maximum Gasteiger partial charge on any atom is 0.133 e. The lowest BCUT2D eigenvalue weighted by molar-refractivity contribution is -0.0142. The van der Waals surface area contributed by atoms with E-state index in [0.29, 0.717) is 25.2 Å². The summed E-state index contributed by atoms with van der Waals surface area (Å²) in [6, 6.07) is 3.01. The fourth-order valence-corrected chi connectivity index (χ4v) is 2.16. The Morgan fingerprint density at radius 3 is 2.59 bits per heavy atom. The van der Waals surface area contributed by atoms with E-state index in [0.717, 1.165) is 12.8 Å². The number of nitrogens with zero attached hydrogens (tertiary/aromatic N) is 1. The Bertz CT molecular complexity index is 294. The summed E-state index contributed by atoms with van der Waals surface area (Å²) in [7, 11) is 1.67. The topological polar surface area (TPSA) is 54.3 Å². The molecule has 0 aliphatic heterocycles. The van der Waals surface area contributed by atoms with Crippen molar-refractivity contribution in [2.24, 2.45) is 5.92 Å². The van der Waals surface area contributed by atoms with Gasteiger partial charge in [0.2, 0.25) is 0 Å². The Balaban J connectivity index is 1.88. The second-order valence-electron chi connectivity index (χ2n) is 5.35. The molecule has 0 aromatic rings. The van der Waals surface area contributed by atoms with Crippen molar-refractivity contribution in [2.45, 2.75) is 50.3 Å². The SMILES string of the molecule is COCC(C)OCC(C#N)(NC1CC1)C1CC1. The molecule has 0 aromatic heterocycles. The number of nitrogens with one attached hydrogen (secondary N) is 1. The first-order valence-corrected chi connectivity index (χ1v) is 6.49. The molecule has 2 saturated carbocycles. The minimum Gasteiger partial charge on any atom is -0.382 e. The fourth-order valence-electron chi connectivity index (χ4n) is 2.16. The van der Waals surface area contributed by atoms with Gasteiger partial charge < -0.3 is 9.47 Å². The van der Waals surface area contributed by atoms with Crippen molar-refractivity contribution in [1.29, 1.82) is 5.26 Å². The van der Waals surface area contributed by atoms with Gasteiger partial charge in [-0.3, -0.25) is 5.32 Å². The highest BCUT2D eigenvalue weighted by molar-refractivity contribution is 5.17. The second-order valence-corrected chi connectivity index (χ2v) is 5.35. The zero-order valence-electron chi connectivity index (χ0n) is 10.7. The van der Waals surface area contributed by atoms with Crippen molar-refractivity contribution in [3.8, 4) is 6.07 Å². The molecule has 2 unspecified atom stereocenters. The number of rotatable bonds is 8. The fraction of sp³-hybridized carbons (Fsp3) is 0.923. The van der Waals surface area contributed by atoms with E-state index in [1.54, 1.807) is 7.11 Å². The molecule has 96 valence electrons. The molecule has 2 rings (SSSR count). The molecule has 4 nitrogen and oxygen atoms in total. The minimum atomic E-state index is -0.455. The van der Waals surface area contributed by atoms with Crippen LogP contribution in [0.4, 0.5) is 0 Å². The Hall–Kier alpha value is -0.630. The highest BCUT2D eigenvalue weighted by Crippen LogP contribution is 2.41. The molecule has 17 heavy (non-hydrogen) atoms. The van der Waals surface area contributed by atoms with E-state index in [-0.39, 0.29) is 6.10 Å². The summed E-state index contributed by atoms with van der Waals surface area (Å²) in [4.78, 5) is 0. The van der Waals surface area contributed by atoms with Gasteiger partial charge in [0, 0.05) is 13.2 Å². The first-order chi connectivity index (χ1) is 8.20. The summed E-state index contributed by atoms with van der Waals surface area (Å²) in [5.74, 6) is 0.475. The second kappa shape index (κ2) is 5.34. The Morgan fingerprint density at radius 1 is 1.41 bits per heavy atom. The van der Waals surface area contributed by atoms with Crippen LogP contribution in [0.2, 0.25) is 0 Å². The molecule has 0 amide bonds. The molecule has 2 fully saturated rings. The third-order valence-corrected chi connectivity index (χ3v) is 3.51. The summed E-state index contributed by atoms with van der Waals surface area (Å²) in [5, 5.41) is 13.0. The molecular formula is C13H22N2O2. The van der Waals surface area contributed by atoms with Gasteiger partial charge in [0.15, 0.2) is 0 Å². The number of methoxy groups -OCH3 is 1. The molecule has 2 aliphatic rings. The number of nitriles is 1.